The van der Waals surface area contributed by atoms with Crippen LogP contribution in [0.3, 0.4) is 0 Å². The molecule has 5 rings (SSSR count). The highest BCUT2D eigenvalue weighted by Crippen LogP contribution is 2.38. The second kappa shape index (κ2) is 10.6. The van der Waals surface area contributed by atoms with Gasteiger partial charge in [-0.2, -0.15) is 4.98 Å². The fourth-order valence-corrected chi connectivity index (χ4v) is 4.96. The van der Waals surface area contributed by atoms with E-state index < -0.39 is 16.4 Å². The third kappa shape index (κ3) is 5.11. The van der Waals surface area contributed by atoms with E-state index in [0.717, 1.165) is 16.1 Å². The number of rotatable bonds is 9. The molecule has 2 N–H and O–H groups in total. The predicted molar refractivity (Wildman–Crippen MR) is 144 cm³/mol. The Morgan fingerprint density at radius 3 is 2.73 bits per heavy atom. The molecule has 210 valence electrons. The fourth-order valence-electron chi connectivity index (χ4n) is 4.49. The average Bonchev–Trinajstić information content (AvgIpc) is 3.54. The average molecular weight is 573 g/mol. The Labute approximate surface area is 228 Å². The van der Waals surface area contributed by atoms with Gasteiger partial charge in [-0.1, -0.05) is 0 Å². The molecule has 40 heavy (non-hydrogen) atoms. The number of aromatic nitrogens is 5. The van der Waals surface area contributed by atoms with Crippen LogP contribution in [0.4, 0.5) is 26.2 Å². The van der Waals surface area contributed by atoms with Gasteiger partial charge < -0.3 is 19.9 Å². The van der Waals surface area contributed by atoms with Crippen molar-refractivity contribution in [2.75, 3.05) is 36.1 Å². The number of anilines is 3. The van der Waals surface area contributed by atoms with Crippen molar-refractivity contribution in [3.63, 3.8) is 0 Å². The maximum Gasteiger partial charge on any atom is 0.278 e. The molecule has 1 amide bonds. The van der Waals surface area contributed by atoms with E-state index >= 15 is 0 Å². The van der Waals surface area contributed by atoms with Crippen molar-refractivity contribution in [2.24, 2.45) is 0 Å². The minimum absolute atomic E-state index is 0.0133. The molecular formula is C25H26F2N8O4S. The molecule has 0 fully saturated rings. The number of nitrogens with zero attached hydrogens (tertiary/aromatic N) is 6. The molecule has 4 heterocycles. The molecule has 0 saturated heterocycles. The normalized spacial score (nSPS) is 12.8. The Morgan fingerprint density at radius 2 is 2.00 bits per heavy atom. The van der Waals surface area contributed by atoms with Crippen molar-refractivity contribution < 1.29 is 26.7 Å². The van der Waals surface area contributed by atoms with Crippen molar-refractivity contribution in [2.45, 2.75) is 26.3 Å². The van der Waals surface area contributed by atoms with Gasteiger partial charge in [0.1, 0.15) is 17.1 Å². The number of amides is 1. The van der Waals surface area contributed by atoms with Crippen LogP contribution < -0.4 is 19.7 Å². The number of fused-ring (bicyclic) bond motifs is 2. The van der Waals surface area contributed by atoms with E-state index in [1.165, 1.54) is 36.3 Å². The molecule has 0 spiro atoms. The van der Waals surface area contributed by atoms with E-state index in [-0.39, 0.29) is 41.3 Å². The van der Waals surface area contributed by atoms with Gasteiger partial charge in [0.15, 0.2) is 5.82 Å². The quantitative estimate of drug-likeness (QED) is 0.309. The van der Waals surface area contributed by atoms with Crippen LogP contribution in [0.2, 0.25) is 0 Å². The monoisotopic (exact) mass is 572 g/mol. The number of carbonyl (C=O) groups excluding carboxylic acids is 1. The molecule has 0 saturated carbocycles. The molecular weight excluding hydrogens is 546 g/mol. The lowest BCUT2D eigenvalue weighted by atomic mass is 10.0. The molecule has 1 aromatic carbocycles. The Bertz CT molecular complexity index is 1710. The molecule has 0 aliphatic carbocycles. The summed E-state index contributed by atoms with van der Waals surface area (Å²) in [6, 6.07) is 4.64. The van der Waals surface area contributed by atoms with Gasteiger partial charge in [-0.05, 0) is 25.1 Å². The molecule has 3 aromatic heterocycles. The summed E-state index contributed by atoms with van der Waals surface area (Å²) >= 11 is 0. The number of nitrogens with one attached hydrogen (secondary N) is 2. The molecule has 12 nitrogen and oxygen atoms in total. The van der Waals surface area contributed by atoms with Crippen LogP contribution in [0, 0.1) is 0 Å². The first kappa shape index (κ1) is 27.2. The first-order chi connectivity index (χ1) is 19.1. The summed E-state index contributed by atoms with van der Waals surface area (Å²) in [5.41, 5.74) is 1.81. The molecule has 1 aliphatic rings. The van der Waals surface area contributed by atoms with E-state index in [1.807, 2.05) is 6.92 Å². The van der Waals surface area contributed by atoms with Gasteiger partial charge in [0.2, 0.25) is 16.0 Å². The number of carbonyl (C=O) groups is 1. The summed E-state index contributed by atoms with van der Waals surface area (Å²) in [5.74, 6) is 0.433. The third-order valence-electron chi connectivity index (χ3n) is 6.43. The number of hydrogen-bond donors (Lipinski definition) is 2. The number of sulfonamides is 1. The van der Waals surface area contributed by atoms with Crippen molar-refractivity contribution >= 4 is 44.4 Å². The topological polar surface area (TPSA) is 144 Å². The second-order valence-electron chi connectivity index (χ2n) is 9.04. The van der Waals surface area contributed by atoms with Crippen molar-refractivity contribution in [1.82, 2.24) is 29.8 Å². The largest absolute Gasteiger partial charge is 0.491 e. The van der Waals surface area contributed by atoms with Crippen molar-refractivity contribution in [3.05, 3.63) is 59.3 Å². The zero-order valence-electron chi connectivity index (χ0n) is 21.9. The number of alkyl halides is 2. The van der Waals surface area contributed by atoms with Crippen LogP contribution in [0.5, 0.6) is 5.75 Å². The van der Waals surface area contributed by atoms with Gasteiger partial charge in [-0.15, -0.1) is 0 Å². The number of hydrogen-bond acceptors (Lipinski definition) is 9. The summed E-state index contributed by atoms with van der Waals surface area (Å²) in [6.45, 7) is 2.51. The van der Waals surface area contributed by atoms with Gasteiger partial charge >= 0.3 is 0 Å². The Balaban J connectivity index is 1.54. The lowest BCUT2D eigenvalue weighted by Gasteiger charge is -2.19. The second-order valence-corrected chi connectivity index (χ2v) is 11.1. The van der Waals surface area contributed by atoms with Gasteiger partial charge in [0.25, 0.3) is 12.3 Å². The first-order valence-corrected chi connectivity index (χ1v) is 14.1. The highest BCUT2D eigenvalue weighted by molar-refractivity contribution is 7.92. The van der Waals surface area contributed by atoms with Gasteiger partial charge in [0.05, 0.1) is 30.8 Å². The number of benzene rings is 1. The van der Waals surface area contributed by atoms with E-state index in [0.29, 0.717) is 42.0 Å². The summed E-state index contributed by atoms with van der Waals surface area (Å²) in [5, 5.41) is 6.22. The maximum absolute atomic E-state index is 14.1. The van der Waals surface area contributed by atoms with E-state index in [2.05, 4.69) is 30.6 Å². The minimum Gasteiger partial charge on any atom is -0.491 e. The van der Waals surface area contributed by atoms with Crippen LogP contribution in [0.15, 0.2) is 36.8 Å². The highest BCUT2D eigenvalue weighted by atomic mass is 32.2. The van der Waals surface area contributed by atoms with Crippen molar-refractivity contribution in [1.29, 1.82) is 0 Å². The smallest absolute Gasteiger partial charge is 0.278 e. The predicted octanol–water partition coefficient (Wildman–Crippen LogP) is 3.03. The molecule has 0 atom stereocenters. The Hall–Kier alpha value is -4.40. The summed E-state index contributed by atoms with van der Waals surface area (Å²) in [7, 11) is -2.37. The van der Waals surface area contributed by atoms with E-state index in [4.69, 9.17) is 4.74 Å². The molecule has 0 radical (unpaired) electrons. The summed E-state index contributed by atoms with van der Waals surface area (Å²) < 4.78 is 60.4. The third-order valence-corrected chi connectivity index (χ3v) is 7.60. The zero-order valence-corrected chi connectivity index (χ0v) is 22.7. The number of ether oxygens (including phenoxy) is 1. The van der Waals surface area contributed by atoms with E-state index in [1.54, 1.807) is 12.1 Å². The fraction of sp³-hybridized carbons (Fsp3) is 0.320. The van der Waals surface area contributed by atoms with Crippen LogP contribution in [0.25, 0.3) is 11.0 Å². The van der Waals surface area contributed by atoms with Crippen LogP contribution >= 0.6 is 0 Å². The zero-order chi connectivity index (χ0) is 28.6. The molecule has 15 heteroatoms. The number of halogens is 2. The van der Waals surface area contributed by atoms with Gasteiger partial charge in [-0.3, -0.25) is 14.1 Å². The lowest BCUT2D eigenvalue weighted by Crippen LogP contribution is -2.27. The SMILES string of the molecule is CCNC(=O)c1ccc(Nc2ncc3cc(C(F)F)n(Cc4nccnc4N(C)S(C)(=O)=O)c3n2)c2c1CCO2. The standard InChI is InChI=1S/C25H26F2N8O4S/c1-4-28-24(36)16-5-6-17(20-15(16)7-10-39-20)32-25-31-12-14-11-19(21(26)27)35(22(14)33-25)13-18-23(30-9-8-29-18)34(2)40(3,37)38/h5-6,8-9,11-12,21H,4,7,10,13H2,1-3H3,(H,28,36)(H,31,32,33). The molecule has 0 bridgehead atoms. The maximum atomic E-state index is 14.1. The van der Waals surface area contributed by atoms with Gasteiger partial charge in [-0.25, -0.2) is 27.2 Å². The van der Waals surface area contributed by atoms with Crippen molar-refractivity contribution in [3.8, 4) is 5.75 Å². The molecule has 1 aliphatic heterocycles. The Kier molecular flexibility index (Phi) is 7.23. The lowest BCUT2D eigenvalue weighted by molar-refractivity contribution is 0.0955. The Morgan fingerprint density at radius 1 is 1.23 bits per heavy atom. The molecule has 4 aromatic rings. The van der Waals surface area contributed by atoms with Gasteiger partial charge in [0, 0.05) is 55.1 Å². The van der Waals surface area contributed by atoms with E-state index in [9.17, 15) is 22.0 Å². The highest BCUT2D eigenvalue weighted by Gasteiger charge is 2.26. The first-order valence-electron chi connectivity index (χ1n) is 12.3. The van der Waals surface area contributed by atoms with Crippen LogP contribution in [-0.4, -0.2) is 65.3 Å². The minimum atomic E-state index is -3.68. The summed E-state index contributed by atoms with van der Waals surface area (Å²) in [4.78, 5) is 29.6. The molecule has 0 unspecified atom stereocenters. The van der Waals surface area contributed by atoms with Crippen LogP contribution in [-0.2, 0) is 23.0 Å². The van der Waals surface area contributed by atoms with Crippen LogP contribution in [0.1, 0.15) is 40.7 Å². The summed E-state index contributed by atoms with van der Waals surface area (Å²) in [6.07, 6.45) is 2.81.